The van der Waals surface area contributed by atoms with Crippen LogP contribution < -0.4 is 10.6 Å². The fraction of sp³-hybridized carbons (Fsp3) is 0.154. The van der Waals surface area contributed by atoms with Crippen LogP contribution in [-0.4, -0.2) is 22.2 Å². The third kappa shape index (κ3) is 5.79. The molecule has 5 nitrogen and oxygen atoms in total. The van der Waals surface area contributed by atoms with Crippen LogP contribution in [0.4, 0.5) is 15.8 Å². The van der Waals surface area contributed by atoms with Crippen molar-refractivity contribution in [2.24, 2.45) is 0 Å². The van der Waals surface area contributed by atoms with Gasteiger partial charge < -0.3 is 10.6 Å². The molecule has 1 amide bonds. The predicted octanol–water partition coefficient (Wildman–Crippen LogP) is 5.94. The lowest BCUT2D eigenvalue weighted by Crippen LogP contribution is -2.13. The van der Waals surface area contributed by atoms with Gasteiger partial charge in [0.1, 0.15) is 11.0 Å². The van der Waals surface area contributed by atoms with Gasteiger partial charge in [-0.05, 0) is 60.9 Å². The minimum atomic E-state index is -0.326. The van der Waals surface area contributed by atoms with E-state index in [0.29, 0.717) is 23.5 Å². The lowest BCUT2D eigenvalue weighted by molar-refractivity contribution is 0.102. The lowest BCUT2D eigenvalue weighted by Gasteiger charge is -2.09. The molecule has 4 aromatic rings. The summed E-state index contributed by atoms with van der Waals surface area (Å²) in [5.74, 6) is -0.633. The van der Waals surface area contributed by atoms with Gasteiger partial charge >= 0.3 is 0 Å². The van der Waals surface area contributed by atoms with E-state index in [2.05, 4.69) is 27.9 Å². The van der Waals surface area contributed by atoms with E-state index in [-0.39, 0.29) is 16.9 Å². The molecule has 2 N–H and O–H groups in total. The predicted molar refractivity (Wildman–Crippen MR) is 131 cm³/mol. The summed E-state index contributed by atoms with van der Waals surface area (Å²) < 4.78 is 14.7. The Morgan fingerprint density at radius 1 is 0.939 bits per heavy atom. The summed E-state index contributed by atoms with van der Waals surface area (Å²) in [6.07, 6.45) is 0.930. The molecular formula is C26H24ClFN4O. The van der Waals surface area contributed by atoms with Crippen molar-refractivity contribution in [3.05, 3.63) is 112 Å². The maximum absolute atomic E-state index is 13.1. The zero-order valence-electron chi connectivity index (χ0n) is 18.2. The Balaban J connectivity index is 1.36. The van der Waals surface area contributed by atoms with Crippen molar-refractivity contribution in [1.82, 2.24) is 9.78 Å². The average molecular weight is 463 g/mol. The lowest BCUT2D eigenvalue weighted by atomic mass is 10.1. The van der Waals surface area contributed by atoms with E-state index in [9.17, 15) is 9.18 Å². The summed E-state index contributed by atoms with van der Waals surface area (Å²) in [7, 11) is 0. The molecule has 33 heavy (non-hydrogen) atoms. The van der Waals surface area contributed by atoms with Crippen LogP contribution in [-0.2, 0) is 13.0 Å². The highest BCUT2D eigenvalue weighted by atomic mass is 35.5. The number of rotatable bonds is 8. The second kappa shape index (κ2) is 10.3. The largest absolute Gasteiger partial charge is 0.385 e. The van der Waals surface area contributed by atoms with E-state index in [1.807, 2.05) is 42.5 Å². The molecule has 7 heteroatoms. The highest BCUT2D eigenvalue weighted by Crippen LogP contribution is 2.23. The molecule has 4 rings (SSSR count). The third-order valence-corrected chi connectivity index (χ3v) is 5.65. The van der Waals surface area contributed by atoms with Crippen molar-refractivity contribution >= 4 is 28.9 Å². The van der Waals surface area contributed by atoms with Crippen molar-refractivity contribution in [1.29, 1.82) is 0 Å². The van der Waals surface area contributed by atoms with Crippen LogP contribution >= 0.6 is 11.6 Å². The Morgan fingerprint density at radius 2 is 1.61 bits per heavy atom. The number of amides is 1. The van der Waals surface area contributed by atoms with Gasteiger partial charge in [0, 0.05) is 17.9 Å². The summed E-state index contributed by atoms with van der Waals surface area (Å²) in [6, 6.07) is 23.9. The van der Waals surface area contributed by atoms with Crippen molar-refractivity contribution in [2.45, 2.75) is 19.9 Å². The van der Waals surface area contributed by atoms with Crippen LogP contribution in [0.15, 0.2) is 78.9 Å². The van der Waals surface area contributed by atoms with Crippen molar-refractivity contribution in [3.63, 3.8) is 0 Å². The Hall–Kier alpha value is -3.64. The molecule has 0 aliphatic carbocycles. The highest BCUT2D eigenvalue weighted by molar-refractivity contribution is 6.33. The Bertz CT molecular complexity index is 1220. The Kier molecular flexibility index (Phi) is 7.05. The minimum absolute atomic E-state index is 0.244. The fourth-order valence-corrected chi connectivity index (χ4v) is 3.86. The van der Waals surface area contributed by atoms with E-state index in [1.165, 1.54) is 17.7 Å². The first-order valence-corrected chi connectivity index (χ1v) is 11.0. The first-order valence-electron chi connectivity index (χ1n) is 10.7. The van der Waals surface area contributed by atoms with E-state index >= 15 is 0 Å². The molecule has 0 unspecified atom stereocenters. The second-order valence-corrected chi connectivity index (χ2v) is 8.09. The molecular weight excluding hydrogens is 439 g/mol. The number of carbonyl (C=O) groups excluding carboxylic acids is 1. The number of carbonyl (C=O) groups is 1. The maximum atomic E-state index is 13.1. The number of aryl methyl sites for hydroxylation is 1. The second-order valence-electron chi connectivity index (χ2n) is 7.73. The zero-order chi connectivity index (χ0) is 23.2. The summed E-state index contributed by atoms with van der Waals surface area (Å²) in [5.41, 5.74) is 4.60. The molecule has 0 fully saturated rings. The quantitative estimate of drug-likeness (QED) is 0.340. The molecule has 0 radical (unpaired) electrons. The van der Waals surface area contributed by atoms with Gasteiger partial charge in [0.05, 0.1) is 17.8 Å². The van der Waals surface area contributed by atoms with E-state index < -0.39 is 0 Å². The Labute approximate surface area is 197 Å². The van der Waals surface area contributed by atoms with Gasteiger partial charge in [0.2, 0.25) is 0 Å². The highest BCUT2D eigenvalue weighted by Gasteiger charge is 2.20. The molecule has 0 atom stereocenters. The van der Waals surface area contributed by atoms with Gasteiger partial charge in [-0.15, -0.1) is 0 Å². The number of halogens is 2. The summed E-state index contributed by atoms with van der Waals surface area (Å²) in [6.45, 7) is 2.90. The van der Waals surface area contributed by atoms with Crippen molar-refractivity contribution in [2.75, 3.05) is 17.2 Å². The van der Waals surface area contributed by atoms with Gasteiger partial charge in [0.25, 0.3) is 5.91 Å². The molecule has 0 saturated carbocycles. The van der Waals surface area contributed by atoms with Crippen LogP contribution in [0.1, 0.15) is 27.2 Å². The van der Waals surface area contributed by atoms with Gasteiger partial charge in [-0.2, -0.15) is 5.10 Å². The van der Waals surface area contributed by atoms with Crippen LogP contribution in [0.3, 0.4) is 0 Å². The number of anilines is 2. The SMILES string of the molecule is Cc1nn(Cc2ccc(F)cc2)c(Cl)c1C(=O)Nc1ccc(NCCc2ccccc2)cc1. The number of nitrogens with one attached hydrogen (secondary N) is 2. The van der Waals surface area contributed by atoms with Crippen molar-refractivity contribution in [3.8, 4) is 0 Å². The number of hydrogen-bond donors (Lipinski definition) is 2. The first kappa shape index (κ1) is 22.6. The molecule has 0 aliphatic heterocycles. The summed E-state index contributed by atoms with van der Waals surface area (Å²) in [5, 5.41) is 10.9. The monoisotopic (exact) mass is 462 g/mol. The standard InChI is InChI=1S/C26H24ClFN4O/c1-18-24(25(27)32(31-18)17-20-7-9-21(28)10-8-20)26(33)30-23-13-11-22(12-14-23)29-16-15-19-5-3-2-4-6-19/h2-14,29H,15-17H2,1H3,(H,30,33). The zero-order valence-corrected chi connectivity index (χ0v) is 18.9. The average Bonchev–Trinajstić information content (AvgIpc) is 3.10. The van der Waals surface area contributed by atoms with Gasteiger partial charge in [-0.25, -0.2) is 9.07 Å². The molecule has 1 aromatic heterocycles. The summed E-state index contributed by atoms with van der Waals surface area (Å²) >= 11 is 6.46. The van der Waals surface area contributed by atoms with E-state index in [0.717, 1.165) is 24.2 Å². The van der Waals surface area contributed by atoms with Gasteiger partial charge in [-0.3, -0.25) is 4.79 Å². The molecule has 0 aliphatic rings. The number of benzene rings is 3. The van der Waals surface area contributed by atoms with Crippen LogP contribution in [0.5, 0.6) is 0 Å². The topological polar surface area (TPSA) is 59.0 Å². The van der Waals surface area contributed by atoms with Crippen LogP contribution in [0.2, 0.25) is 5.15 Å². The number of aromatic nitrogens is 2. The Morgan fingerprint density at radius 3 is 2.30 bits per heavy atom. The number of nitrogens with zero attached hydrogens (tertiary/aromatic N) is 2. The molecule has 1 heterocycles. The first-order chi connectivity index (χ1) is 16.0. The molecule has 3 aromatic carbocycles. The summed E-state index contributed by atoms with van der Waals surface area (Å²) in [4.78, 5) is 12.9. The normalized spacial score (nSPS) is 10.8. The number of hydrogen-bond acceptors (Lipinski definition) is 3. The maximum Gasteiger partial charge on any atom is 0.260 e. The van der Waals surface area contributed by atoms with E-state index in [4.69, 9.17) is 11.6 Å². The van der Waals surface area contributed by atoms with Gasteiger partial charge in [0.15, 0.2) is 0 Å². The van der Waals surface area contributed by atoms with Crippen LogP contribution in [0.25, 0.3) is 0 Å². The molecule has 168 valence electrons. The smallest absolute Gasteiger partial charge is 0.260 e. The fourth-order valence-electron chi connectivity index (χ4n) is 3.54. The molecule has 0 bridgehead atoms. The van der Waals surface area contributed by atoms with Crippen LogP contribution in [0, 0.1) is 12.7 Å². The minimum Gasteiger partial charge on any atom is -0.385 e. The van der Waals surface area contributed by atoms with Gasteiger partial charge in [-0.1, -0.05) is 54.1 Å². The molecule has 0 spiro atoms. The van der Waals surface area contributed by atoms with Crippen molar-refractivity contribution < 1.29 is 9.18 Å². The van der Waals surface area contributed by atoms with E-state index in [1.54, 1.807) is 23.7 Å². The molecule has 0 saturated heterocycles. The third-order valence-electron chi connectivity index (χ3n) is 5.27.